The Morgan fingerprint density at radius 2 is 2.06 bits per heavy atom. The van der Waals surface area contributed by atoms with Crippen molar-refractivity contribution in [1.29, 1.82) is 0 Å². The number of carbonyl (C=O) groups excluding carboxylic acids is 1. The van der Waals surface area contributed by atoms with Crippen LogP contribution in [0.1, 0.15) is 16.3 Å². The van der Waals surface area contributed by atoms with Gasteiger partial charge in [-0.15, -0.1) is 11.3 Å². The number of amides is 1. The number of ether oxygens (including phenoxy) is 1. The van der Waals surface area contributed by atoms with Crippen molar-refractivity contribution in [3.63, 3.8) is 0 Å². The molecule has 0 radical (unpaired) electrons. The molecule has 0 aliphatic heterocycles. The zero-order valence-electron chi connectivity index (χ0n) is 17.2. The number of rotatable bonds is 8. The number of hydrogen-bond acceptors (Lipinski definition) is 6. The Hall–Kier alpha value is -3.10. The van der Waals surface area contributed by atoms with Crippen LogP contribution in [0.15, 0.2) is 71.5 Å². The summed E-state index contributed by atoms with van der Waals surface area (Å²) in [7, 11) is 1.66. The minimum atomic E-state index is -0.0639. The summed E-state index contributed by atoms with van der Waals surface area (Å²) in [5, 5.41) is 6.59. The maximum Gasteiger partial charge on any atom is 0.231 e. The Labute approximate surface area is 189 Å². The molecule has 4 rings (SSSR count). The fourth-order valence-corrected chi connectivity index (χ4v) is 4.73. The van der Waals surface area contributed by atoms with Crippen LogP contribution in [-0.4, -0.2) is 27.6 Å². The monoisotopic (exact) mass is 450 g/mol. The zero-order valence-corrected chi connectivity index (χ0v) is 18.9. The molecule has 0 spiro atoms. The van der Waals surface area contributed by atoms with Crippen molar-refractivity contribution in [2.24, 2.45) is 0 Å². The Kier molecular flexibility index (Phi) is 6.69. The minimum absolute atomic E-state index is 0.0639. The third-order valence-corrected chi connectivity index (χ3v) is 6.43. The van der Waals surface area contributed by atoms with Crippen molar-refractivity contribution in [2.45, 2.75) is 24.3 Å². The molecule has 31 heavy (non-hydrogen) atoms. The van der Waals surface area contributed by atoms with Gasteiger partial charge in [-0.05, 0) is 31.2 Å². The summed E-state index contributed by atoms with van der Waals surface area (Å²) in [6.07, 6.45) is 3.98. The van der Waals surface area contributed by atoms with Gasteiger partial charge in [0.25, 0.3) is 0 Å². The molecule has 2 aromatic carbocycles. The molecular weight excluding hydrogens is 428 g/mol. The molecule has 1 N–H and O–H groups in total. The number of thioether (sulfide) groups is 1. The third kappa shape index (κ3) is 5.53. The number of carbonyl (C=O) groups is 1. The van der Waals surface area contributed by atoms with E-state index in [9.17, 15) is 4.79 Å². The molecule has 2 aromatic heterocycles. The van der Waals surface area contributed by atoms with Gasteiger partial charge in [-0.25, -0.2) is 9.97 Å². The van der Waals surface area contributed by atoms with Crippen LogP contribution in [0, 0.1) is 6.92 Å². The topological polar surface area (TPSA) is 69.0 Å². The fourth-order valence-electron chi connectivity index (χ4n) is 2.97. The summed E-state index contributed by atoms with van der Waals surface area (Å²) >= 11 is 3.11. The molecule has 0 aliphatic carbocycles. The van der Waals surface area contributed by atoms with Crippen molar-refractivity contribution in [1.82, 2.24) is 14.5 Å². The Balaban J connectivity index is 1.35. The lowest BCUT2D eigenvalue weighted by Gasteiger charge is -2.08. The highest BCUT2D eigenvalue weighted by Crippen LogP contribution is 2.26. The number of anilines is 1. The lowest BCUT2D eigenvalue weighted by molar-refractivity contribution is -0.115. The molecule has 8 heteroatoms. The molecule has 158 valence electrons. The molecule has 0 saturated carbocycles. The van der Waals surface area contributed by atoms with Crippen LogP contribution < -0.4 is 10.1 Å². The predicted octanol–water partition coefficient (Wildman–Crippen LogP) is 5.12. The number of nitrogens with zero attached hydrogens (tertiary/aromatic N) is 3. The molecular formula is C23H22N4O2S2. The van der Waals surface area contributed by atoms with Gasteiger partial charge in [-0.1, -0.05) is 35.5 Å². The van der Waals surface area contributed by atoms with E-state index < -0.39 is 0 Å². The van der Waals surface area contributed by atoms with Gasteiger partial charge in [0.15, 0.2) is 5.16 Å². The highest BCUT2D eigenvalue weighted by Gasteiger charge is 2.11. The van der Waals surface area contributed by atoms with Crippen LogP contribution in [0.3, 0.4) is 0 Å². The van der Waals surface area contributed by atoms with Crippen molar-refractivity contribution in [3.8, 4) is 11.4 Å². The van der Waals surface area contributed by atoms with Crippen molar-refractivity contribution in [2.75, 3.05) is 12.4 Å². The maximum absolute atomic E-state index is 12.3. The minimum Gasteiger partial charge on any atom is -0.497 e. The summed E-state index contributed by atoms with van der Waals surface area (Å²) in [5.74, 6) is 1.41. The van der Waals surface area contributed by atoms with Gasteiger partial charge in [0, 0.05) is 35.3 Å². The zero-order chi connectivity index (χ0) is 21.6. The Morgan fingerprint density at radius 1 is 1.23 bits per heavy atom. The summed E-state index contributed by atoms with van der Waals surface area (Å²) in [6, 6.07) is 15.6. The average Bonchev–Trinajstić information content (AvgIpc) is 3.43. The smallest absolute Gasteiger partial charge is 0.231 e. The molecule has 6 nitrogen and oxygen atoms in total. The first-order chi connectivity index (χ1) is 15.1. The van der Waals surface area contributed by atoms with Gasteiger partial charge in [0.05, 0.1) is 24.9 Å². The van der Waals surface area contributed by atoms with E-state index in [0.717, 1.165) is 38.5 Å². The van der Waals surface area contributed by atoms with Crippen molar-refractivity contribution < 1.29 is 9.53 Å². The number of benzene rings is 2. The number of aryl methyl sites for hydroxylation is 1. The first-order valence-electron chi connectivity index (χ1n) is 9.71. The van der Waals surface area contributed by atoms with Crippen LogP contribution in [0.25, 0.3) is 5.69 Å². The Bertz CT molecular complexity index is 1170. The van der Waals surface area contributed by atoms with Gasteiger partial charge < -0.3 is 10.1 Å². The first-order valence-corrected chi connectivity index (χ1v) is 11.6. The quantitative estimate of drug-likeness (QED) is 0.377. The first kappa shape index (κ1) is 21.1. The van der Waals surface area contributed by atoms with Gasteiger partial charge in [0.1, 0.15) is 10.8 Å². The standard InChI is InChI=1S/C23H22N4O2S2/c1-16-6-8-17(9-7-16)25-21(28)13-22-26-18(14-30-22)15-31-23-24-10-11-27(23)19-4-3-5-20(12-19)29-2/h3-12,14H,13,15H2,1-2H3,(H,25,28). The number of methoxy groups -OCH3 is 1. The summed E-state index contributed by atoms with van der Waals surface area (Å²) < 4.78 is 7.34. The van der Waals surface area contributed by atoms with E-state index in [-0.39, 0.29) is 12.3 Å². The van der Waals surface area contributed by atoms with Crippen LogP contribution in [0.5, 0.6) is 5.75 Å². The molecule has 0 fully saturated rings. The number of imidazole rings is 1. The fraction of sp³-hybridized carbons (Fsp3) is 0.174. The summed E-state index contributed by atoms with van der Waals surface area (Å²) in [5.41, 5.74) is 3.89. The highest BCUT2D eigenvalue weighted by atomic mass is 32.2. The highest BCUT2D eigenvalue weighted by molar-refractivity contribution is 7.98. The van der Waals surface area contributed by atoms with E-state index in [1.165, 1.54) is 11.3 Å². The van der Waals surface area contributed by atoms with E-state index in [2.05, 4.69) is 15.3 Å². The summed E-state index contributed by atoms with van der Waals surface area (Å²) in [4.78, 5) is 21.4. The molecule has 0 atom stereocenters. The molecule has 0 aliphatic rings. The molecule has 0 bridgehead atoms. The molecule has 2 heterocycles. The average molecular weight is 451 g/mol. The summed E-state index contributed by atoms with van der Waals surface area (Å²) in [6.45, 7) is 2.02. The van der Waals surface area contributed by atoms with Crippen molar-refractivity contribution >= 4 is 34.7 Å². The predicted molar refractivity (Wildman–Crippen MR) is 125 cm³/mol. The van der Waals surface area contributed by atoms with Crippen LogP contribution in [-0.2, 0) is 17.0 Å². The van der Waals surface area contributed by atoms with E-state index in [1.54, 1.807) is 25.1 Å². The van der Waals surface area contributed by atoms with Crippen LogP contribution in [0.2, 0.25) is 0 Å². The maximum atomic E-state index is 12.3. The lowest BCUT2D eigenvalue weighted by Crippen LogP contribution is -2.14. The molecule has 4 aromatic rings. The SMILES string of the molecule is COc1cccc(-n2ccnc2SCc2csc(CC(=O)Nc3ccc(C)cc3)n2)c1. The van der Waals surface area contributed by atoms with Crippen molar-refractivity contribution in [3.05, 3.63) is 82.6 Å². The second-order valence-electron chi connectivity index (χ2n) is 6.89. The van der Waals surface area contributed by atoms with E-state index in [0.29, 0.717) is 5.75 Å². The normalized spacial score (nSPS) is 10.8. The lowest BCUT2D eigenvalue weighted by atomic mass is 10.2. The van der Waals surface area contributed by atoms with Gasteiger partial charge in [-0.3, -0.25) is 9.36 Å². The van der Waals surface area contributed by atoms with Gasteiger partial charge in [-0.2, -0.15) is 0 Å². The molecule has 0 saturated heterocycles. The second-order valence-corrected chi connectivity index (χ2v) is 8.78. The third-order valence-electron chi connectivity index (χ3n) is 4.53. The Morgan fingerprint density at radius 3 is 2.87 bits per heavy atom. The van der Waals surface area contributed by atoms with Crippen LogP contribution in [0.4, 0.5) is 5.69 Å². The van der Waals surface area contributed by atoms with Gasteiger partial charge >= 0.3 is 0 Å². The van der Waals surface area contributed by atoms with E-state index in [4.69, 9.17) is 4.74 Å². The number of nitrogens with one attached hydrogen (secondary N) is 1. The van der Waals surface area contributed by atoms with E-state index >= 15 is 0 Å². The largest absolute Gasteiger partial charge is 0.497 e. The van der Waals surface area contributed by atoms with E-state index in [1.807, 2.05) is 71.6 Å². The number of hydrogen-bond donors (Lipinski definition) is 1. The number of thiazole rings is 1. The van der Waals surface area contributed by atoms with Gasteiger partial charge in [0.2, 0.25) is 5.91 Å². The van der Waals surface area contributed by atoms with Crippen LogP contribution >= 0.6 is 23.1 Å². The second kappa shape index (κ2) is 9.80. The molecule has 0 unspecified atom stereocenters. The molecule has 1 amide bonds. The number of aromatic nitrogens is 3.